The van der Waals surface area contributed by atoms with Crippen LogP contribution in [-0.2, 0) is 5.41 Å². The van der Waals surface area contributed by atoms with Gasteiger partial charge in [0, 0.05) is 15.2 Å². The first-order valence-corrected chi connectivity index (χ1v) is 16.8. The highest BCUT2D eigenvalue weighted by atomic mass is 32.2. The van der Waals surface area contributed by atoms with E-state index in [1.54, 1.807) is 0 Å². The zero-order chi connectivity index (χ0) is 30.2. The fourth-order valence-electron chi connectivity index (χ4n) is 8.27. The minimum absolute atomic E-state index is 0.450. The summed E-state index contributed by atoms with van der Waals surface area (Å²) < 4.78 is 0. The highest BCUT2D eigenvalue weighted by molar-refractivity contribution is 7.99. The van der Waals surface area contributed by atoms with Crippen LogP contribution < -0.4 is 0 Å². The molecule has 0 bridgehead atoms. The zero-order valence-corrected chi connectivity index (χ0v) is 25.9. The van der Waals surface area contributed by atoms with E-state index in [1.807, 2.05) is 11.8 Å². The van der Waals surface area contributed by atoms with E-state index in [9.17, 15) is 0 Å². The summed E-state index contributed by atoms with van der Waals surface area (Å²) >= 11 is 1.89. The molecule has 1 heteroatoms. The Morgan fingerprint density at radius 1 is 0.370 bits per heavy atom. The quantitative estimate of drug-likeness (QED) is 0.194. The molecule has 1 aliphatic carbocycles. The van der Waals surface area contributed by atoms with Crippen LogP contribution in [0.2, 0.25) is 0 Å². The van der Waals surface area contributed by atoms with Crippen molar-refractivity contribution in [2.45, 2.75) is 15.2 Å². The van der Waals surface area contributed by atoms with E-state index in [4.69, 9.17) is 0 Å². The second-order valence-electron chi connectivity index (χ2n) is 12.4. The van der Waals surface area contributed by atoms with Crippen LogP contribution >= 0.6 is 11.8 Å². The summed E-state index contributed by atoms with van der Waals surface area (Å²) in [5.41, 5.74) is 12.7. The Hall–Kier alpha value is -5.37. The molecule has 2 aliphatic rings. The van der Waals surface area contributed by atoms with E-state index in [2.05, 4.69) is 170 Å². The first-order chi connectivity index (χ1) is 22.8. The van der Waals surface area contributed by atoms with Gasteiger partial charge in [0.15, 0.2) is 0 Å². The predicted molar refractivity (Wildman–Crippen MR) is 194 cm³/mol. The van der Waals surface area contributed by atoms with Gasteiger partial charge in [0.1, 0.15) is 0 Å². The van der Waals surface area contributed by atoms with E-state index in [0.717, 1.165) is 0 Å². The van der Waals surface area contributed by atoms with Gasteiger partial charge in [-0.25, -0.2) is 0 Å². The molecule has 0 aromatic heterocycles. The van der Waals surface area contributed by atoms with Crippen molar-refractivity contribution in [1.82, 2.24) is 0 Å². The SMILES string of the molecule is c1ccc(C2(c3ccc4ccccc4c3)c3ccccc3-c3c(-c4ccc5c6c(cccc46)-c4ccccc4S5)cccc32)cc1. The number of hydrogen-bond donors (Lipinski definition) is 0. The summed E-state index contributed by atoms with van der Waals surface area (Å²) in [6.07, 6.45) is 0. The largest absolute Gasteiger partial charge is 0.0888 e. The summed E-state index contributed by atoms with van der Waals surface area (Å²) in [6, 6.07) is 63.3. The van der Waals surface area contributed by atoms with Crippen LogP contribution in [0.5, 0.6) is 0 Å². The molecule has 8 aromatic carbocycles. The molecule has 0 amide bonds. The Morgan fingerprint density at radius 3 is 1.98 bits per heavy atom. The van der Waals surface area contributed by atoms with E-state index in [1.165, 1.54) is 87.0 Å². The van der Waals surface area contributed by atoms with Crippen molar-refractivity contribution in [3.05, 3.63) is 192 Å². The Labute approximate surface area is 273 Å². The van der Waals surface area contributed by atoms with Gasteiger partial charge in [0.25, 0.3) is 0 Å². The van der Waals surface area contributed by atoms with Gasteiger partial charge in [-0.05, 0) is 90.0 Å². The number of benzene rings is 8. The smallest absolute Gasteiger partial charge is 0.0714 e. The van der Waals surface area contributed by atoms with Crippen LogP contribution in [0, 0.1) is 0 Å². The first kappa shape index (κ1) is 25.9. The molecule has 0 saturated carbocycles. The van der Waals surface area contributed by atoms with E-state index >= 15 is 0 Å². The molecule has 8 aromatic rings. The van der Waals surface area contributed by atoms with Gasteiger partial charge in [-0.3, -0.25) is 0 Å². The third kappa shape index (κ3) is 3.47. The Bertz CT molecular complexity index is 2510. The molecule has 1 atom stereocenters. The molecule has 0 fully saturated rings. The molecule has 0 radical (unpaired) electrons. The molecular formula is C45H28S. The standard InChI is InChI=1S/C45H28S/c1-2-14-31(15-3-1)45(32-25-24-29-12-4-5-13-30(29)28-32)39-21-8-6-17-38(39)43-35(20-11-22-40(43)45)33-26-27-42-44-36(33)18-10-19-37(44)34-16-7-9-23-41(34)46-42/h1-28H. The molecule has 0 saturated heterocycles. The van der Waals surface area contributed by atoms with Crippen molar-refractivity contribution in [1.29, 1.82) is 0 Å². The molecule has 0 spiro atoms. The third-order valence-electron chi connectivity index (χ3n) is 10.1. The molecule has 46 heavy (non-hydrogen) atoms. The molecule has 1 aliphatic heterocycles. The Morgan fingerprint density at radius 2 is 1.07 bits per heavy atom. The number of hydrogen-bond acceptors (Lipinski definition) is 1. The topological polar surface area (TPSA) is 0 Å². The molecule has 1 unspecified atom stereocenters. The molecule has 10 rings (SSSR count). The van der Waals surface area contributed by atoms with E-state index in [-0.39, 0.29) is 0 Å². The van der Waals surface area contributed by atoms with Crippen LogP contribution in [-0.4, -0.2) is 0 Å². The van der Waals surface area contributed by atoms with Gasteiger partial charge in [-0.15, -0.1) is 0 Å². The summed E-state index contributed by atoms with van der Waals surface area (Å²) in [6.45, 7) is 0. The fraction of sp³-hybridized carbons (Fsp3) is 0.0222. The van der Waals surface area contributed by atoms with Gasteiger partial charge >= 0.3 is 0 Å². The first-order valence-electron chi connectivity index (χ1n) is 15.9. The van der Waals surface area contributed by atoms with Crippen molar-refractivity contribution in [3.63, 3.8) is 0 Å². The van der Waals surface area contributed by atoms with Crippen molar-refractivity contribution >= 4 is 33.3 Å². The lowest BCUT2D eigenvalue weighted by molar-refractivity contribution is 0.770. The van der Waals surface area contributed by atoms with Crippen molar-refractivity contribution in [2.24, 2.45) is 0 Å². The normalized spacial score (nSPS) is 15.8. The Kier molecular flexibility index (Phi) is 5.53. The minimum atomic E-state index is -0.450. The number of fused-ring (bicyclic) bond motifs is 6. The molecular weight excluding hydrogens is 573 g/mol. The Balaban J connectivity index is 1.31. The fourth-order valence-corrected chi connectivity index (χ4v) is 9.40. The van der Waals surface area contributed by atoms with Crippen LogP contribution in [0.25, 0.3) is 54.9 Å². The van der Waals surface area contributed by atoms with Gasteiger partial charge in [0.05, 0.1) is 5.41 Å². The average Bonchev–Trinajstić information content (AvgIpc) is 3.43. The summed E-state index contributed by atoms with van der Waals surface area (Å²) in [5.74, 6) is 0. The highest BCUT2D eigenvalue weighted by Crippen LogP contribution is 2.59. The van der Waals surface area contributed by atoms with Crippen molar-refractivity contribution in [2.75, 3.05) is 0 Å². The highest BCUT2D eigenvalue weighted by Gasteiger charge is 2.47. The average molecular weight is 601 g/mol. The molecule has 214 valence electrons. The maximum absolute atomic E-state index is 2.41. The lowest BCUT2D eigenvalue weighted by atomic mass is 9.67. The van der Waals surface area contributed by atoms with Crippen molar-refractivity contribution < 1.29 is 0 Å². The predicted octanol–water partition coefficient (Wildman–Crippen LogP) is 12.2. The van der Waals surface area contributed by atoms with Gasteiger partial charge in [-0.2, -0.15) is 0 Å². The lowest BCUT2D eigenvalue weighted by Gasteiger charge is -2.34. The van der Waals surface area contributed by atoms with Crippen LogP contribution in [0.3, 0.4) is 0 Å². The van der Waals surface area contributed by atoms with Gasteiger partial charge < -0.3 is 0 Å². The van der Waals surface area contributed by atoms with E-state index < -0.39 is 5.41 Å². The second-order valence-corrected chi connectivity index (χ2v) is 13.5. The second kappa shape index (κ2) is 9.81. The monoisotopic (exact) mass is 600 g/mol. The van der Waals surface area contributed by atoms with Crippen LogP contribution in [0.15, 0.2) is 180 Å². The van der Waals surface area contributed by atoms with Gasteiger partial charge in [0.2, 0.25) is 0 Å². The maximum atomic E-state index is 2.41. The molecule has 1 heterocycles. The van der Waals surface area contributed by atoms with Crippen molar-refractivity contribution in [3.8, 4) is 33.4 Å². The summed E-state index contributed by atoms with van der Waals surface area (Å²) in [5, 5.41) is 5.19. The van der Waals surface area contributed by atoms with Crippen LogP contribution in [0.4, 0.5) is 0 Å². The summed E-state index contributed by atoms with van der Waals surface area (Å²) in [4.78, 5) is 2.66. The third-order valence-corrected chi connectivity index (χ3v) is 11.3. The van der Waals surface area contributed by atoms with Crippen LogP contribution in [0.1, 0.15) is 22.3 Å². The maximum Gasteiger partial charge on any atom is 0.0714 e. The minimum Gasteiger partial charge on any atom is -0.0888 e. The molecule has 0 nitrogen and oxygen atoms in total. The van der Waals surface area contributed by atoms with Gasteiger partial charge in [-0.1, -0.05) is 163 Å². The number of rotatable bonds is 3. The lowest BCUT2D eigenvalue weighted by Crippen LogP contribution is -2.28. The zero-order valence-electron chi connectivity index (χ0n) is 25.1. The summed E-state index contributed by atoms with van der Waals surface area (Å²) in [7, 11) is 0. The van der Waals surface area contributed by atoms with E-state index in [0.29, 0.717) is 0 Å². The molecule has 0 N–H and O–H groups in total.